The summed E-state index contributed by atoms with van der Waals surface area (Å²) in [5, 5.41) is 0. The second-order valence-corrected chi connectivity index (χ2v) is 5.07. The molecular weight excluding hydrogens is 214 g/mol. The van der Waals surface area contributed by atoms with Gasteiger partial charge in [0.25, 0.3) is 0 Å². The lowest BCUT2D eigenvalue weighted by Crippen LogP contribution is -2.33. The molecule has 0 saturated heterocycles. The minimum atomic E-state index is -0.195. The Morgan fingerprint density at radius 3 is 2.47 bits per heavy atom. The van der Waals surface area contributed by atoms with Crippen molar-refractivity contribution in [2.75, 3.05) is 14.2 Å². The van der Waals surface area contributed by atoms with Crippen molar-refractivity contribution in [3.63, 3.8) is 0 Å². The van der Waals surface area contributed by atoms with Gasteiger partial charge in [0.1, 0.15) is 0 Å². The first-order valence-electron chi connectivity index (χ1n) is 6.10. The number of methoxy groups -OCH3 is 2. The fraction of sp³-hybridized carbons (Fsp3) is 0.571. The Morgan fingerprint density at radius 1 is 1.24 bits per heavy atom. The third kappa shape index (κ3) is 2.25. The predicted octanol–water partition coefficient (Wildman–Crippen LogP) is 2.68. The zero-order valence-corrected chi connectivity index (χ0v) is 10.8. The molecule has 1 aromatic rings. The topological polar surface area (TPSA) is 44.5 Å². The Hall–Kier alpha value is -1.22. The van der Waals surface area contributed by atoms with Crippen LogP contribution >= 0.6 is 0 Å². The van der Waals surface area contributed by atoms with E-state index in [0.29, 0.717) is 5.92 Å². The van der Waals surface area contributed by atoms with Crippen LogP contribution in [-0.4, -0.2) is 14.2 Å². The zero-order chi connectivity index (χ0) is 12.5. The SMILES string of the molecule is COc1ccc(C2(N)CCC(C)C2)cc1OC. The molecule has 0 heterocycles. The second kappa shape index (κ2) is 4.57. The Labute approximate surface area is 103 Å². The van der Waals surface area contributed by atoms with Crippen LogP contribution in [0.3, 0.4) is 0 Å². The van der Waals surface area contributed by atoms with Gasteiger partial charge in [-0.3, -0.25) is 0 Å². The van der Waals surface area contributed by atoms with Crippen LogP contribution in [0.1, 0.15) is 31.7 Å². The molecule has 94 valence electrons. The van der Waals surface area contributed by atoms with Crippen LogP contribution in [-0.2, 0) is 5.54 Å². The normalized spacial score (nSPS) is 28.1. The van der Waals surface area contributed by atoms with Gasteiger partial charge in [0, 0.05) is 5.54 Å². The van der Waals surface area contributed by atoms with E-state index >= 15 is 0 Å². The molecule has 1 aliphatic rings. The number of ether oxygens (including phenoxy) is 2. The van der Waals surface area contributed by atoms with Crippen LogP contribution in [0.5, 0.6) is 11.5 Å². The molecule has 0 radical (unpaired) electrons. The molecule has 2 atom stereocenters. The second-order valence-electron chi connectivity index (χ2n) is 5.07. The largest absolute Gasteiger partial charge is 0.493 e. The molecule has 3 heteroatoms. The average Bonchev–Trinajstić information content (AvgIpc) is 2.69. The van der Waals surface area contributed by atoms with E-state index in [0.717, 1.165) is 29.9 Å². The van der Waals surface area contributed by atoms with E-state index in [1.54, 1.807) is 14.2 Å². The monoisotopic (exact) mass is 235 g/mol. The van der Waals surface area contributed by atoms with Gasteiger partial charge in [0.15, 0.2) is 11.5 Å². The number of hydrogen-bond donors (Lipinski definition) is 1. The summed E-state index contributed by atoms with van der Waals surface area (Å²) >= 11 is 0. The highest BCUT2D eigenvalue weighted by Crippen LogP contribution is 2.42. The predicted molar refractivity (Wildman–Crippen MR) is 68.4 cm³/mol. The first kappa shape index (κ1) is 12.2. The molecule has 1 fully saturated rings. The first-order valence-corrected chi connectivity index (χ1v) is 6.10. The van der Waals surface area contributed by atoms with E-state index < -0.39 is 0 Å². The molecule has 2 N–H and O–H groups in total. The van der Waals surface area contributed by atoms with E-state index in [2.05, 4.69) is 13.0 Å². The highest BCUT2D eigenvalue weighted by Gasteiger charge is 2.35. The van der Waals surface area contributed by atoms with Crippen LogP contribution in [0.25, 0.3) is 0 Å². The molecule has 0 bridgehead atoms. The standard InChI is InChI=1S/C14H21NO2/c1-10-6-7-14(15,9-10)11-4-5-12(16-2)13(8-11)17-3/h4-5,8,10H,6-7,9,15H2,1-3H3. The first-order chi connectivity index (χ1) is 8.09. The van der Waals surface area contributed by atoms with Crippen LogP contribution in [0, 0.1) is 5.92 Å². The van der Waals surface area contributed by atoms with E-state index in [1.807, 2.05) is 12.1 Å². The average molecular weight is 235 g/mol. The van der Waals surface area contributed by atoms with Gasteiger partial charge in [-0.25, -0.2) is 0 Å². The molecule has 0 amide bonds. The summed E-state index contributed by atoms with van der Waals surface area (Å²) in [5.41, 5.74) is 7.45. The van der Waals surface area contributed by atoms with Crippen LogP contribution in [0.2, 0.25) is 0 Å². The summed E-state index contributed by atoms with van der Waals surface area (Å²) in [6.45, 7) is 2.26. The van der Waals surface area contributed by atoms with Crippen molar-refractivity contribution < 1.29 is 9.47 Å². The van der Waals surface area contributed by atoms with E-state index in [1.165, 1.54) is 6.42 Å². The fourth-order valence-corrected chi connectivity index (χ4v) is 2.74. The number of benzene rings is 1. The van der Waals surface area contributed by atoms with E-state index in [-0.39, 0.29) is 5.54 Å². The highest BCUT2D eigenvalue weighted by molar-refractivity contribution is 5.45. The van der Waals surface area contributed by atoms with Crippen molar-refractivity contribution >= 4 is 0 Å². The van der Waals surface area contributed by atoms with Crippen molar-refractivity contribution in [3.05, 3.63) is 23.8 Å². The van der Waals surface area contributed by atoms with Gasteiger partial charge in [-0.2, -0.15) is 0 Å². The van der Waals surface area contributed by atoms with Crippen molar-refractivity contribution in [3.8, 4) is 11.5 Å². The number of nitrogens with two attached hydrogens (primary N) is 1. The van der Waals surface area contributed by atoms with E-state index in [9.17, 15) is 0 Å². The molecule has 0 aromatic heterocycles. The Morgan fingerprint density at radius 2 is 1.94 bits per heavy atom. The van der Waals surface area contributed by atoms with Gasteiger partial charge in [-0.05, 0) is 42.9 Å². The summed E-state index contributed by atoms with van der Waals surface area (Å²) in [4.78, 5) is 0. The smallest absolute Gasteiger partial charge is 0.161 e. The van der Waals surface area contributed by atoms with Crippen LogP contribution in [0.4, 0.5) is 0 Å². The maximum absolute atomic E-state index is 6.49. The van der Waals surface area contributed by atoms with Crippen molar-refractivity contribution in [2.45, 2.75) is 31.7 Å². The summed E-state index contributed by atoms with van der Waals surface area (Å²) in [6.07, 6.45) is 3.29. The molecule has 1 aliphatic carbocycles. The van der Waals surface area contributed by atoms with Gasteiger partial charge < -0.3 is 15.2 Å². The maximum atomic E-state index is 6.49. The van der Waals surface area contributed by atoms with Gasteiger partial charge in [0.05, 0.1) is 14.2 Å². The van der Waals surface area contributed by atoms with Crippen molar-refractivity contribution in [2.24, 2.45) is 11.7 Å². The summed E-state index contributed by atoms with van der Waals surface area (Å²) in [6, 6.07) is 6.00. The lowest BCUT2D eigenvalue weighted by molar-refractivity contribution is 0.351. The van der Waals surface area contributed by atoms with Crippen LogP contribution in [0.15, 0.2) is 18.2 Å². The van der Waals surface area contributed by atoms with E-state index in [4.69, 9.17) is 15.2 Å². The van der Waals surface area contributed by atoms with Gasteiger partial charge in [0.2, 0.25) is 0 Å². The fourth-order valence-electron chi connectivity index (χ4n) is 2.74. The molecule has 3 nitrogen and oxygen atoms in total. The Kier molecular flexibility index (Phi) is 3.29. The van der Waals surface area contributed by atoms with Gasteiger partial charge in [-0.15, -0.1) is 0 Å². The van der Waals surface area contributed by atoms with Gasteiger partial charge in [-0.1, -0.05) is 13.0 Å². The summed E-state index contributed by atoms with van der Waals surface area (Å²) in [5.74, 6) is 2.22. The Bertz CT molecular complexity index is 405. The van der Waals surface area contributed by atoms with Gasteiger partial charge >= 0.3 is 0 Å². The lowest BCUT2D eigenvalue weighted by atomic mass is 9.88. The molecular formula is C14H21NO2. The quantitative estimate of drug-likeness (QED) is 0.876. The Balaban J connectivity index is 2.33. The summed E-state index contributed by atoms with van der Waals surface area (Å²) in [7, 11) is 3.30. The molecule has 0 spiro atoms. The third-order valence-corrected chi connectivity index (χ3v) is 3.75. The van der Waals surface area contributed by atoms with Crippen molar-refractivity contribution in [1.82, 2.24) is 0 Å². The molecule has 1 aromatic carbocycles. The van der Waals surface area contributed by atoms with Crippen molar-refractivity contribution in [1.29, 1.82) is 0 Å². The third-order valence-electron chi connectivity index (χ3n) is 3.75. The number of hydrogen-bond acceptors (Lipinski definition) is 3. The summed E-state index contributed by atoms with van der Waals surface area (Å²) < 4.78 is 10.6. The molecule has 17 heavy (non-hydrogen) atoms. The maximum Gasteiger partial charge on any atom is 0.161 e. The molecule has 2 unspecified atom stereocenters. The molecule has 0 aliphatic heterocycles. The number of rotatable bonds is 3. The lowest BCUT2D eigenvalue weighted by Gasteiger charge is -2.25. The minimum absolute atomic E-state index is 0.195. The minimum Gasteiger partial charge on any atom is -0.493 e. The zero-order valence-electron chi connectivity index (χ0n) is 10.8. The highest BCUT2D eigenvalue weighted by atomic mass is 16.5. The molecule has 2 rings (SSSR count). The van der Waals surface area contributed by atoms with Crippen LogP contribution < -0.4 is 15.2 Å². The molecule has 1 saturated carbocycles.